The molecule has 0 radical (unpaired) electrons. The number of allylic oxidation sites excluding steroid dienone is 2. The van der Waals surface area contributed by atoms with Gasteiger partial charge in [0, 0.05) is 17.8 Å². The zero-order chi connectivity index (χ0) is 12.3. The van der Waals surface area contributed by atoms with Crippen LogP contribution < -0.4 is 0 Å². The SMILES string of the molecule is CC1=CC(C)C(C)(C(=O)C(C)CC=O)CC1. The molecule has 3 unspecified atom stereocenters. The van der Waals surface area contributed by atoms with Gasteiger partial charge >= 0.3 is 0 Å². The molecule has 0 fully saturated rings. The van der Waals surface area contributed by atoms with Gasteiger partial charge in [0.25, 0.3) is 0 Å². The molecule has 1 aliphatic rings. The Morgan fingerprint density at radius 1 is 1.69 bits per heavy atom. The molecular formula is C14H22O2. The maximum Gasteiger partial charge on any atom is 0.142 e. The van der Waals surface area contributed by atoms with Gasteiger partial charge in [-0.1, -0.05) is 32.4 Å². The van der Waals surface area contributed by atoms with Crippen molar-refractivity contribution in [3.63, 3.8) is 0 Å². The molecule has 1 rings (SSSR count). The number of rotatable bonds is 4. The average molecular weight is 222 g/mol. The molecule has 1 aliphatic carbocycles. The Morgan fingerprint density at radius 3 is 2.81 bits per heavy atom. The molecule has 0 spiro atoms. The second-order valence-corrected chi connectivity index (χ2v) is 5.39. The normalized spacial score (nSPS) is 31.8. The van der Waals surface area contributed by atoms with Gasteiger partial charge in [-0.2, -0.15) is 0 Å². The monoisotopic (exact) mass is 222 g/mol. The van der Waals surface area contributed by atoms with Gasteiger partial charge in [0.05, 0.1) is 0 Å². The average Bonchev–Trinajstić information content (AvgIpc) is 2.23. The summed E-state index contributed by atoms with van der Waals surface area (Å²) in [5, 5.41) is 0. The lowest BCUT2D eigenvalue weighted by Gasteiger charge is -2.38. The van der Waals surface area contributed by atoms with Crippen LogP contribution >= 0.6 is 0 Å². The molecular weight excluding hydrogens is 200 g/mol. The fourth-order valence-electron chi connectivity index (χ4n) is 2.54. The first-order valence-corrected chi connectivity index (χ1v) is 6.07. The molecule has 3 atom stereocenters. The molecule has 0 bridgehead atoms. The van der Waals surface area contributed by atoms with E-state index in [2.05, 4.69) is 19.9 Å². The number of hydrogen-bond donors (Lipinski definition) is 0. The predicted octanol–water partition coefficient (Wildman–Crippen LogP) is 3.16. The summed E-state index contributed by atoms with van der Waals surface area (Å²) in [6.45, 7) is 8.13. The Kier molecular flexibility index (Phi) is 4.06. The predicted molar refractivity (Wildman–Crippen MR) is 65.1 cm³/mol. The van der Waals surface area contributed by atoms with Gasteiger partial charge in [-0.3, -0.25) is 4.79 Å². The lowest BCUT2D eigenvalue weighted by molar-refractivity contribution is -0.135. The van der Waals surface area contributed by atoms with E-state index in [1.165, 1.54) is 5.57 Å². The molecule has 0 saturated carbocycles. The van der Waals surface area contributed by atoms with Gasteiger partial charge in [0.15, 0.2) is 0 Å². The first-order chi connectivity index (χ1) is 7.41. The van der Waals surface area contributed by atoms with Crippen LogP contribution in [0, 0.1) is 17.3 Å². The van der Waals surface area contributed by atoms with Gasteiger partial charge in [-0.05, 0) is 25.7 Å². The summed E-state index contributed by atoms with van der Waals surface area (Å²) in [7, 11) is 0. The van der Waals surface area contributed by atoms with Crippen LogP contribution in [0.25, 0.3) is 0 Å². The largest absolute Gasteiger partial charge is 0.303 e. The number of aldehydes is 1. The first kappa shape index (κ1) is 13.1. The second-order valence-electron chi connectivity index (χ2n) is 5.39. The quantitative estimate of drug-likeness (QED) is 0.541. The summed E-state index contributed by atoms with van der Waals surface area (Å²) in [6.07, 6.45) is 5.32. The van der Waals surface area contributed by atoms with Crippen LogP contribution in [0.4, 0.5) is 0 Å². The highest BCUT2D eigenvalue weighted by atomic mass is 16.1. The van der Waals surface area contributed by atoms with Crippen molar-refractivity contribution in [3.8, 4) is 0 Å². The number of ketones is 1. The van der Waals surface area contributed by atoms with Gasteiger partial charge in [-0.25, -0.2) is 0 Å². The van der Waals surface area contributed by atoms with E-state index in [0.29, 0.717) is 6.42 Å². The van der Waals surface area contributed by atoms with Crippen LogP contribution in [0.1, 0.15) is 47.0 Å². The van der Waals surface area contributed by atoms with Crippen LogP contribution in [0.15, 0.2) is 11.6 Å². The Morgan fingerprint density at radius 2 is 2.31 bits per heavy atom. The van der Waals surface area contributed by atoms with Crippen molar-refractivity contribution in [1.82, 2.24) is 0 Å². The van der Waals surface area contributed by atoms with Crippen molar-refractivity contribution in [2.24, 2.45) is 17.3 Å². The smallest absolute Gasteiger partial charge is 0.142 e. The number of carbonyl (C=O) groups is 2. The summed E-state index contributed by atoms with van der Waals surface area (Å²) in [4.78, 5) is 22.8. The van der Waals surface area contributed by atoms with E-state index in [0.717, 1.165) is 19.1 Å². The summed E-state index contributed by atoms with van der Waals surface area (Å²) in [5.41, 5.74) is 1.10. The Balaban J connectivity index is 2.85. The van der Waals surface area contributed by atoms with Crippen molar-refractivity contribution in [2.75, 3.05) is 0 Å². The topological polar surface area (TPSA) is 34.1 Å². The fraction of sp³-hybridized carbons (Fsp3) is 0.714. The minimum Gasteiger partial charge on any atom is -0.303 e. The number of carbonyl (C=O) groups excluding carboxylic acids is 2. The van der Waals surface area contributed by atoms with Crippen molar-refractivity contribution in [3.05, 3.63) is 11.6 Å². The summed E-state index contributed by atoms with van der Waals surface area (Å²) < 4.78 is 0. The van der Waals surface area contributed by atoms with Gasteiger partial charge in [-0.15, -0.1) is 0 Å². The molecule has 16 heavy (non-hydrogen) atoms. The maximum absolute atomic E-state index is 12.3. The molecule has 2 nitrogen and oxygen atoms in total. The van der Waals surface area contributed by atoms with E-state index in [9.17, 15) is 9.59 Å². The molecule has 90 valence electrons. The van der Waals surface area contributed by atoms with E-state index in [4.69, 9.17) is 0 Å². The van der Waals surface area contributed by atoms with E-state index in [1.54, 1.807) is 0 Å². The Bertz CT molecular complexity index is 317. The lowest BCUT2D eigenvalue weighted by Crippen LogP contribution is -2.39. The van der Waals surface area contributed by atoms with Crippen LogP contribution in [0.5, 0.6) is 0 Å². The van der Waals surface area contributed by atoms with Crippen LogP contribution in [0.2, 0.25) is 0 Å². The van der Waals surface area contributed by atoms with Gasteiger partial charge in [0.1, 0.15) is 12.1 Å². The third-order valence-corrected chi connectivity index (χ3v) is 4.04. The fourth-order valence-corrected chi connectivity index (χ4v) is 2.54. The zero-order valence-corrected chi connectivity index (χ0v) is 10.7. The standard InChI is InChI=1S/C14H22O2/c1-10-5-7-14(4,12(3)9-10)13(16)11(2)6-8-15/h8-9,11-12H,5-7H2,1-4H3. The molecule has 0 amide bonds. The molecule has 0 heterocycles. The number of Topliss-reactive ketones (excluding diaryl/α,β-unsaturated/α-hetero) is 1. The van der Waals surface area contributed by atoms with Crippen LogP contribution in [-0.4, -0.2) is 12.1 Å². The first-order valence-electron chi connectivity index (χ1n) is 6.07. The van der Waals surface area contributed by atoms with Crippen LogP contribution in [-0.2, 0) is 9.59 Å². The summed E-state index contributed by atoms with van der Waals surface area (Å²) in [6, 6.07) is 0. The van der Waals surface area contributed by atoms with E-state index in [-0.39, 0.29) is 23.0 Å². The molecule has 0 aromatic carbocycles. The maximum atomic E-state index is 12.3. The molecule has 2 heteroatoms. The minimum absolute atomic E-state index is 0.142. The molecule has 0 saturated heterocycles. The molecule has 0 aromatic rings. The molecule has 0 aliphatic heterocycles. The van der Waals surface area contributed by atoms with E-state index in [1.807, 2.05) is 13.8 Å². The van der Waals surface area contributed by atoms with Crippen molar-refractivity contribution >= 4 is 12.1 Å². The zero-order valence-electron chi connectivity index (χ0n) is 10.7. The second kappa shape index (κ2) is 4.94. The lowest BCUT2D eigenvalue weighted by atomic mass is 9.64. The minimum atomic E-state index is -0.276. The van der Waals surface area contributed by atoms with Gasteiger partial charge < -0.3 is 4.79 Å². The number of hydrogen-bond acceptors (Lipinski definition) is 2. The van der Waals surface area contributed by atoms with Crippen LogP contribution in [0.3, 0.4) is 0 Å². The third kappa shape index (κ3) is 2.42. The summed E-state index contributed by atoms with van der Waals surface area (Å²) in [5.74, 6) is 0.385. The summed E-state index contributed by atoms with van der Waals surface area (Å²) >= 11 is 0. The highest BCUT2D eigenvalue weighted by Gasteiger charge is 2.41. The van der Waals surface area contributed by atoms with Crippen molar-refractivity contribution < 1.29 is 9.59 Å². The van der Waals surface area contributed by atoms with Crippen molar-refractivity contribution in [1.29, 1.82) is 0 Å². The Hall–Kier alpha value is -0.920. The highest BCUT2D eigenvalue weighted by Crippen LogP contribution is 2.42. The van der Waals surface area contributed by atoms with E-state index < -0.39 is 0 Å². The van der Waals surface area contributed by atoms with E-state index >= 15 is 0 Å². The Labute approximate surface area is 98.1 Å². The van der Waals surface area contributed by atoms with Gasteiger partial charge in [0.2, 0.25) is 0 Å². The molecule has 0 aromatic heterocycles. The highest BCUT2D eigenvalue weighted by molar-refractivity contribution is 5.88. The molecule has 0 N–H and O–H groups in total. The van der Waals surface area contributed by atoms with Crippen molar-refractivity contribution in [2.45, 2.75) is 47.0 Å². The third-order valence-electron chi connectivity index (χ3n) is 4.04.